The third-order valence-corrected chi connectivity index (χ3v) is 6.87. The van der Waals surface area contributed by atoms with Gasteiger partial charge < -0.3 is 13.9 Å². The van der Waals surface area contributed by atoms with E-state index in [9.17, 15) is 4.79 Å². The molecule has 8 heteroatoms. The number of halogens is 2. The third kappa shape index (κ3) is 5.97. The summed E-state index contributed by atoms with van der Waals surface area (Å²) in [5, 5.41) is 7.30. The fraction of sp³-hybridized carbons (Fsp3) is 0.103. The smallest absolute Gasteiger partial charge is 0.307 e. The highest BCUT2D eigenvalue weighted by molar-refractivity contribution is 14.1. The van der Waals surface area contributed by atoms with Gasteiger partial charge >= 0.3 is 5.91 Å². The van der Waals surface area contributed by atoms with Crippen molar-refractivity contribution in [2.24, 2.45) is 5.10 Å². The lowest BCUT2D eigenvalue weighted by Crippen LogP contribution is -2.16. The topological polar surface area (TPSA) is 73.1 Å². The molecule has 0 aliphatic heterocycles. The summed E-state index contributed by atoms with van der Waals surface area (Å²) in [6, 6.07) is 25.6. The minimum absolute atomic E-state index is 0.190. The van der Waals surface area contributed by atoms with Gasteiger partial charge in [0.1, 0.15) is 12.2 Å². The van der Waals surface area contributed by atoms with Crippen LogP contribution in [0.15, 0.2) is 92.9 Å². The molecule has 5 aromatic rings. The number of ether oxygens (including phenoxy) is 2. The molecule has 0 aliphatic rings. The fourth-order valence-electron chi connectivity index (χ4n) is 3.89. The SMILES string of the molecule is CCOc1cc(/C=N\NC(=O)c2cc3cc(Br)cc(I)c3o2)ccc1OCc1ccc2ccccc2c1. The van der Waals surface area contributed by atoms with Crippen LogP contribution in [0.5, 0.6) is 11.5 Å². The van der Waals surface area contributed by atoms with E-state index < -0.39 is 5.91 Å². The van der Waals surface area contributed by atoms with Gasteiger partial charge in [-0.05, 0) is 93.9 Å². The number of hydrogen-bond donors (Lipinski definition) is 1. The molecule has 4 aromatic carbocycles. The van der Waals surface area contributed by atoms with Crippen molar-refractivity contribution in [3.63, 3.8) is 0 Å². The zero-order chi connectivity index (χ0) is 25.8. The standard InChI is InChI=1S/C29H22BrIN2O4/c1-2-35-26-12-18(8-10-25(26)36-17-19-7-9-20-5-3-4-6-21(20)11-19)16-32-33-29(34)27-14-22-13-23(30)15-24(31)28(22)37-27/h3-16H,2,17H2,1H3,(H,33,34)/b32-16-. The largest absolute Gasteiger partial charge is 0.490 e. The number of furan rings is 1. The zero-order valence-electron chi connectivity index (χ0n) is 19.8. The van der Waals surface area contributed by atoms with Crippen molar-refractivity contribution >= 4 is 72.4 Å². The van der Waals surface area contributed by atoms with Gasteiger partial charge in [-0.2, -0.15) is 5.10 Å². The van der Waals surface area contributed by atoms with Gasteiger partial charge in [0, 0.05) is 9.86 Å². The Hall–Kier alpha value is -3.37. The normalized spacial score (nSPS) is 11.3. The Morgan fingerprint density at radius 1 is 0.973 bits per heavy atom. The molecule has 6 nitrogen and oxygen atoms in total. The fourth-order valence-corrected chi connectivity index (χ4v) is 5.55. The van der Waals surface area contributed by atoms with Crippen LogP contribution in [-0.2, 0) is 6.61 Å². The van der Waals surface area contributed by atoms with Crippen LogP contribution in [0.2, 0.25) is 0 Å². The van der Waals surface area contributed by atoms with Gasteiger partial charge in [-0.25, -0.2) is 5.43 Å². The first-order chi connectivity index (χ1) is 18.0. The number of hydrazone groups is 1. The second-order valence-electron chi connectivity index (χ2n) is 8.23. The van der Waals surface area contributed by atoms with E-state index in [1.807, 2.05) is 49.4 Å². The summed E-state index contributed by atoms with van der Waals surface area (Å²) in [6.45, 7) is 2.83. The molecule has 1 amide bonds. The van der Waals surface area contributed by atoms with Crippen LogP contribution in [0, 0.1) is 3.57 Å². The second kappa shape index (κ2) is 11.4. The highest BCUT2D eigenvalue weighted by Crippen LogP contribution is 2.30. The number of hydrogen-bond acceptors (Lipinski definition) is 5. The highest BCUT2D eigenvalue weighted by Gasteiger charge is 2.14. The molecule has 5 rings (SSSR count). The van der Waals surface area contributed by atoms with E-state index in [1.165, 1.54) is 10.8 Å². The molecular weight excluding hydrogens is 647 g/mol. The molecule has 0 radical (unpaired) electrons. The van der Waals surface area contributed by atoms with E-state index in [2.05, 4.69) is 79.4 Å². The van der Waals surface area contributed by atoms with E-state index >= 15 is 0 Å². The van der Waals surface area contributed by atoms with Gasteiger partial charge in [0.2, 0.25) is 0 Å². The predicted octanol–water partition coefficient (Wildman–Crippen LogP) is 7.69. The van der Waals surface area contributed by atoms with Crippen molar-refractivity contribution in [2.45, 2.75) is 13.5 Å². The van der Waals surface area contributed by atoms with E-state index in [0.717, 1.165) is 24.6 Å². The first kappa shape index (κ1) is 25.3. The third-order valence-electron chi connectivity index (χ3n) is 5.62. The number of rotatable bonds is 8. The van der Waals surface area contributed by atoms with Crippen molar-refractivity contribution in [3.8, 4) is 11.5 Å². The van der Waals surface area contributed by atoms with E-state index in [-0.39, 0.29) is 5.76 Å². The summed E-state index contributed by atoms with van der Waals surface area (Å²) in [6.07, 6.45) is 1.55. The van der Waals surface area contributed by atoms with Crippen LogP contribution >= 0.6 is 38.5 Å². The molecule has 0 aliphatic carbocycles. The quantitative estimate of drug-likeness (QED) is 0.105. The van der Waals surface area contributed by atoms with Crippen LogP contribution < -0.4 is 14.9 Å². The average Bonchev–Trinajstić information content (AvgIpc) is 3.33. The van der Waals surface area contributed by atoms with Crippen LogP contribution in [-0.4, -0.2) is 18.7 Å². The molecule has 37 heavy (non-hydrogen) atoms. The molecule has 0 spiro atoms. The number of nitrogens with zero attached hydrogens (tertiary/aromatic N) is 1. The van der Waals surface area contributed by atoms with Crippen LogP contribution in [0.25, 0.3) is 21.7 Å². The molecule has 1 aromatic heterocycles. The second-order valence-corrected chi connectivity index (χ2v) is 10.3. The van der Waals surface area contributed by atoms with Gasteiger partial charge in [0.05, 0.1) is 16.4 Å². The van der Waals surface area contributed by atoms with Crippen molar-refractivity contribution in [1.29, 1.82) is 0 Å². The van der Waals surface area contributed by atoms with E-state index in [4.69, 9.17) is 13.9 Å². The van der Waals surface area contributed by atoms with E-state index in [0.29, 0.717) is 30.3 Å². The molecule has 0 saturated heterocycles. The van der Waals surface area contributed by atoms with Crippen LogP contribution in [0.3, 0.4) is 0 Å². The van der Waals surface area contributed by atoms with Crippen molar-refractivity contribution in [3.05, 3.63) is 104 Å². The zero-order valence-corrected chi connectivity index (χ0v) is 23.6. The number of carbonyl (C=O) groups excluding carboxylic acids is 1. The first-order valence-corrected chi connectivity index (χ1v) is 13.5. The van der Waals surface area contributed by atoms with Gasteiger partial charge in [0.25, 0.3) is 0 Å². The number of fused-ring (bicyclic) bond motifs is 2. The van der Waals surface area contributed by atoms with Gasteiger partial charge in [-0.1, -0.05) is 52.3 Å². The van der Waals surface area contributed by atoms with Crippen LogP contribution in [0.4, 0.5) is 0 Å². The van der Waals surface area contributed by atoms with Crippen molar-refractivity contribution in [2.75, 3.05) is 6.61 Å². The maximum Gasteiger partial charge on any atom is 0.307 e. The molecule has 1 N–H and O–H groups in total. The Morgan fingerprint density at radius 3 is 2.65 bits per heavy atom. The number of nitrogens with one attached hydrogen (secondary N) is 1. The molecule has 0 unspecified atom stereocenters. The Kier molecular flexibility index (Phi) is 7.76. The number of amides is 1. The molecule has 0 saturated carbocycles. The minimum atomic E-state index is -0.431. The molecule has 186 valence electrons. The first-order valence-electron chi connectivity index (χ1n) is 11.6. The summed E-state index contributed by atoms with van der Waals surface area (Å²) < 4.78 is 19.4. The lowest BCUT2D eigenvalue weighted by Gasteiger charge is -2.13. The molecule has 0 fully saturated rings. The molecule has 1 heterocycles. The summed E-state index contributed by atoms with van der Waals surface area (Å²) >= 11 is 5.63. The Bertz CT molecular complexity index is 1630. The lowest BCUT2D eigenvalue weighted by atomic mass is 10.1. The van der Waals surface area contributed by atoms with Gasteiger partial charge in [-0.3, -0.25) is 4.79 Å². The Labute approximate surface area is 235 Å². The Morgan fingerprint density at radius 2 is 1.81 bits per heavy atom. The van der Waals surface area contributed by atoms with Gasteiger partial charge in [0.15, 0.2) is 17.3 Å². The van der Waals surface area contributed by atoms with Crippen LogP contribution in [0.1, 0.15) is 28.6 Å². The van der Waals surface area contributed by atoms with Crippen molar-refractivity contribution in [1.82, 2.24) is 5.43 Å². The monoisotopic (exact) mass is 668 g/mol. The predicted molar refractivity (Wildman–Crippen MR) is 158 cm³/mol. The summed E-state index contributed by atoms with van der Waals surface area (Å²) in [7, 11) is 0. The maximum absolute atomic E-state index is 12.5. The number of benzene rings is 4. The van der Waals surface area contributed by atoms with Crippen molar-refractivity contribution < 1.29 is 18.7 Å². The maximum atomic E-state index is 12.5. The molecular formula is C29H22BrIN2O4. The Balaban J connectivity index is 1.26. The lowest BCUT2D eigenvalue weighted by molar-refractivity contribution is 0.0929. The molecule has 0 atom stereocenters. The average molecular weight is 669 g/mol. The minimum Gasteiger partial charge on any atom is -0.490 e. The highest BCUT2D eigenvalue weighted by atomic mass is 127. The van der Waals surface area contributed by atoms with Gasteiger partial charge in [-0.15, -0.1) is 0 Å². The molecule has 0 bridgehead atoms. The number of carbonyl (C=O) groups is 1. The van der Waals surface area contributed by atoms with E-state index in [1.54, 1.807) is 12.3 Å². The summed E-state index contributed by atoms with van der Waals surface area (Å²) in [4.78, 5) is 12.5. The summed E-state index contributed by atoms with van der Waals surface area (Å²) in [5.41, 5.74) is 5.01. The summed E-state index contributed by atoms with van der Waals surface area (Å²) in [5.74, 6) is 1.01.